The molecular weight excluding hydrogens is 204 g/mol. The SMILES string of the molecule is CCCCCC(=O)Oc1cc(N)cc(N)c1. The molecule has 0 bridgehead atoms. The standard InChI is InChI=1S/C12H18N2O2/c1-2-3-4-5-12(15)16-11-7-9(13)6-10(14)8-11/h6-8H,2-5,13-14H2,1H3. The molecule has 1 aromatic rings. The van der Waals surface area contributed by atoms with Gasteiger partial charge in [-0.25, -0.2) is 0 Å². The topological polar surface area (TPSA) is 78.3 Å². The van der Waals surface area contributed by atoms with E-state index in [1.165, 1.54) is 0 Å². The van der Waals surface area contributed by atoms with Gasteiger partial charge in [-0.2, -0.15) is 0 Å². The minimum absolute atomic E-state index is 0.238. The van der Waals surface area contributed by atoms with Crippen LogP contribution in [0, 0.1) is 0 Å². The Labute approximate surface area is 95.6 Å². The molecule has 0 aliphatic carbocycles. The number of ether oxygens (including phenoxy) is 1. The summed E-state index contributed by atoms with van der Waals surface area (Å²) in [7, 11) is 0. The summed E-state index contributed by atoms with van der Waals surface area (Å²) >= 11 is 0. The lowest BCUT2D eigenvalue weighted by atomic mass is 10.2. The predicted molar refractivity (Wildman–Crippen MR) is 65.0 cm³/mol. The molecule has 16 heavy (non-hydrogen) atoms. The molecule has 0 heterocycles. The predicted octanol–water partition coefficient (Wildman–Crippen LogP) is 2.34. The molecule has 88 valence electrons. The van der Waals surface area contributed by atoms with Crippen LogP contribution in [0.5, 0.6) is 5.75 Å². The molecule has 0 spiro atoms. The number of carbonyl (C=O) groups is 1. The fourth-order valence-corrected chi connectivity index (χ4v) is 1.41. The quantitative estimate of drug-likeness (QED) is 0.347. The highest BCUT2D eigenvalue weighted by Gasteiger charge is 2.05. The van der Waals surface area contributed by atoms with Crippen LogP contribution in [0.15, 0.2) is 18.2 Å². The highest BCUT2D eigenvalue weighted by Crippen LogP contribution is 2.20. The van der Waals surface area contributed by atoms with Crippen LogP contribution >= 0.6 is 0 Å². The van der Waals surface area contributed by atoms with Crippen molar-refractivity contribution in [3.05, 3.63) is 18.2 Å². The number of unbranched alkanes of at least 4 members (excludes halogenated alkanes) is 2. The monoisotopic (exact) mass is 222 g/mol. The van der Waals surface area contributed by atoms with Crippen molar-refractivity contribution >= 4 is 17.3 Å². The van der Waals surface area contributed by atoms with E-state index in [1.54, 1.807) is 18.2 Å². The Morgan fingerprint density at radius 3 is 2.38 bits per heavy atom. The lowest BCUT2D eigenvalue weighted by molar-refractivity contribution is -0.134. The maximum Gasteiger partial charge on any atom is 0.311 e. The molecule has 1 rings (SSSR count). The molecule has 0 aliphatic heterocycles. The van der Waals surface area contributed by atoms with Gasteiger partial charge in [0, 0.05) is 29.9 Å². The third-order valence-corrected chi connectivity index (χ3v) is 2.17. The summed E-state index contributed by atoms with van der Waals surface area (Å²) in [5, 5.41) is 0. The van der Waals surface area contributed by atoms with Crippen molar-refractivity contribution in [1.82, 2.24) is 0 Å². The van der Waals surface area contributed by atoms with Gasteiger partial charge in [0.05, 0.1) is 0 Å². The number of esters is 1. The lowest BCUT2D eigenvalue weighted by Gasteiger charge is -2.06. The second-order valence-electron chi connectivity index (χ2n) is 3.77. The van der Waals surface area contributed by atoms with Crippen molar-refractivity contribution < 1.29 is 9.53 Å². The van der Waals surface area contributed by atoms with Gasteiger partial charge >= 0.3 is 5.97 Å². The molecule has 4 heteroatoms. The van der Waals surface area contributed by atoms with E-state index in [0.29, 0.717) is 23.5 Å². The van der Waals surface area contributed by atoms with Crippen LogP contribution in [-0.2, 0) is 4.79 Å². The van der Waals surface area contributed by atoms with E-state index in [-0.39, 0.29) is 5.97 Å². The van der Waals surface area contributed by atoms with E-state index in [4.69, 9.17) is 16.2 Å². The van der Waals surface area contributed by atoms with Gasteiger partial charge in [-0.3, -0.25) is 4.79 Å². The van der Waals surface area contributed by atoms with E-state index < -0.39 is 0 Å². The van der Waals surface area contributed by atoms with Gasteiger partial charge in [-0.1, -0.05) is 19.8 Å². The fraction of sp³-hybridized carbons (Fsp3) is 0.417. The van der Waals surface area contributed by atoms with Crippen molar-refractivity contribution in [3.8, 4) is 5.75 Å². The van der Waals surface area contributed by atoms with Crippen LogP contribution < -0.4 is 16.2 Å². The molecule has 0 radical (unpaired) electrons. The molecule has 0 atom stereocenters. The first-order valence-corrected chi connectivity index (χ1v) is 5.48. The average Bonchev–Trinajstić information content (AvgIpc) is 2.16. The Bertz CT molecular complexity index is 344. The molecule has 1 aromatic carbocycles. The Kier molecular flexibility index (Phi) is 4.64. The summed E-state index contributed by atoms with van der Waals surface area (Å²) in [6.45, 7) is 2.09. The maximum absolute atomic E-state index is 11.4. The first kappa shape index (κ1) is 12.4. The van der Waals surface area contributed by atoms with E-state index in [9.17, 15) is 4.79 Å². The molecule has 0 fully saturated rings. The molecule has 4 nitrogen and oxygen atoms in total. The zero-order valence-corrected chi connectivity index (χ0v) is 9.53. The third-order valence-electron chi connectivity index (χ3n) is 2.17. The van der Waals surface area contributed by atoms with E-state index in [2.05, 4.69) is 6.92 Å². The molecule has 0 aromatic heterocycles. The first-order valence-electron chi connectivity index (χ1n) is 5.48. The number of nitrogens with two attached hydrogens (primary N) is 2. The summed E-state index contributed by atoms with van der Waals surface area (Å²) in [5.74, 6) is 0.178. The lowest BCUT2D eigenvalue weighted by Crippen LogP contribution is -2.08. The number of rotatable bonds is 5. The van der Waals surface area contributed by atoms with Crippen LogP contribution in [-0.4, -0.2) is 5.97 Å². The van der Waals surface area contributed by atoms with Gasteiger partial charge in [-0.15, -0.1) is 0 Å². The van der Waals surface area contributed by atoms with Gasteiger partial charge in [0.15, 0.2) is 0 Å². The Morgan fingerprint density at radius 2 is 1.81 bits per heavy atom. The second-order valence-corrected chi connectivity index (χ2v) is 3.77. The largest absolute Gasteiger partial charge is 0.426 e. The summed E-state index contributed by atoms with van der Waals surface area (Å²) in [6.07, 6.45) is 3.41. The van der Waals surface area contributed by atoms with Gasteiger partial charge in [0.2, 0.25) is 0 Å². The zero-order valence-electron chi connectivity index (χ0n) is 9.53. The molecule has 0 amide bonds. The van der Waals surface area contributed by atoms with Crippen molar-refractivity contribution in [3.63, 3.8) is 0 Å². The molecule has 0 saturated carbocycles. The Morgan fingerprint density at radius 1 is 1.19 bits per heavy atom. The van der Waals surface area contributed by atoms with Crippen LogP contribution in [0.4, 0.5) is 11.4 Å². The highest BCUT2D eigenvalue weighted by atomic mass is 16.5. The number of nitrogen functional groups attached to an aromatic ring is 2. The van der Waals surface area contributed by atoms with Gasteiger partial charge in [0.1, 0.15) is 5.75 Å². The first-order chi connectivity index (χ1) is 7.61. The fourth-order valence-electron chi connectivity index (χ4n) is 1.41. The van der Waals surface area contributed by atoms with Crippen molar-refractivity contribution in [1.29, 1.82) is 0 Å². The number of benzene rings is 1. The van der Waals surface area contributed by atoms with Crippen LogP contribution in [0.3, 0.4) is 0 Å². The van der Waals surface area contributed by atoms with Crippen molar-refractivity contribution in [2.45, 2.75) is 32.6 Å². The number of hydrogen-bond acceptors (Lipinski definition) is 4. The van der Waals surface area contributed by atoms with Crippen molar-refractivity contribution in [2.24, 2.45) is 0 Å². The number of carbonyl (C=O) groups excluding carboxylic acids is 1. The van der Waals surface area contributed by atoms with Crippen LogP contribution in [0.1, 0.15) is 32.6 Å². The normalized spacial score (nSPS) is 10.1. The maximum atomic E-state index is 11.4. The summed E-state index contributed by atoms with van der Waals surface area (Å²) in [6, 6.07) is 4.80. The summed E-state index contributed by atoms with van der Waals surface area (Å²) in [5.41, 5.74) is 12.2. The van der Waals surface area contributed by atoms with Crippen LogP contribution in [0.25, 0.3) is 0 Å². The summed E-state index contributed by atoms with van der Waals surface area (Å²) in [4.78, 5) is 11.4. The zero-order chi connectivity index (χ0) is 12.0. The average molecular weight is 222 g/mol. The minimum atomic E-state index is -0.238. The smallest absolute Gasteiger partial charge is 0.311 e. The molecule has 4 N–H and O–H groups in total. The minimum Gasteiger partial charge on any atom is -0.426 e. The third kappa shape index (κ3) is 4.21. The van der Waals surface area contributed by atoms with E-state index >= 15 is 0 Å². The molecule has 0 unspecified atom stereocenters. The number of anilines is 2. The molecule has 0 saturated heterocycles. The van der Waals surface area contributed by atoms with Crippen molar-refractivity contribution in [2.75, 3.05) is 11.5 Å². The molecule has 0 aliphatic rings. The number of hydrogen-bond donors (Lipinski definition) is 2. The van der Waals surface area contributed by atoms with Gasteiger partial charge in [0.25, 0.3) is 0 Å². The van der Waals surface area contributed by atoms with E-state index in [0.717, 1.165) is 19.3 Å². The summed E-state index contributed by atoms with van der Waals surface area (Å²) < 4.78 is 5.12. The van der Waals surface area contributed by atoms with Gasteiger partial charge in [-0.05, 0) is 12.5 Å². The Hall–Kier alpha value is -1.71. The van der Waals surface area contributed by atoms with Crippen LogP contribution in [0.2, 0.25) is 0 Å². The van der Waals surface area contributed by atoms with E-state index in [1.807, 2.05) is 0 Å². The van der Waals surface area contributed by atoms with Gasteiger partial charge < -0.3 is 16.2 Å². The second kappa shape index (κ2) is 6.00. The molecular formula is C12H18N2O2. The highest BCUT2D eigenvalue weighted by molar-refractivity contribution is 5.73. The Balaban J connectivity index is 2.49.